The van der Waals surface area contributed by atoms with Gasteiger partial charge in [0.05, 0.1) is 13.7 Å². The third-order valence-corrected chi connectivity index (χ3v) is 4.96. The van der Waals surface area contributed by atoms with Crippen molar-refractivity contribution in [3.05, 3.63) is 36.4 Å². The highest BCUT2D eigenvalue weighted by Crippen LogP contribution is 2.28. The zero-order chi connectivity index (χ0) is 15.3. The van der Waals surface area contributed by atoms with E-state index < -0.39 is 10.0 Å². The van der Waals surface area contributed by atoms with Gasteiger partial charge in [0.25, 0.3) is 0 Å². The van der Waals surface area contributed by atoms with E-state index >= 15 is 0 Å². The molecule has 1 aromatic carbocycles. The lowest BCUT2D eigenvalue weighted by Gasteiger charge is -2.25. The molecule has 1 rings (SSSR count). The molecule has 0 heterocycles. The predicted molar refractivity (Wildman–Crippen MR) is 78.1 cm³/mol. The second-order valence-electron chi connectivity index (χ2n) is 4.60. The number of rotatable bonds is 7. The number of methoxy groups -OCH3 is 1. The quantitative estimate of drug-likeness (QED) is 0.779. The van der Waals surface area contributed by atoms with Gasteiger partial charge in [-0.15, -0.1) is 6.58 Å². The summed E-state index contributed by atoms with van der Waals surface area (Å²) < 4.78 is 31.8. The Hall–Kier alpha value is -1.37. The Balaban J connectivity index is 3.36. The summed E-state index contributed by atoms with van der Waals surface area (Å²) in [6.45, 7) is 7.25. The average Bonchev–Trinajstić information content (AvgIpc) is 2.43. The minimum Gasteiger partial charge on any atom is -0.495 e. The molecule has 0 bridgehead atoms. The first-order valence-electron chi connectivity index (χ1n) is 6.29. The van der Waals surface area contributed by atoms with Gasteiger partial charge >= 0.3 is 0 Å². The Morgan fingerprint density at radius 1 is 1.45 bits per heavy atom. The number of aliphatic hydroxyl groups is 1. The van der Waals surface area contributed by atoms with Gasteiger partial charge in [-0.25, -0.2) is 8.42 Å². The average molecular weight is 299 g/mol. The van der Waals surface area contributed by atoms with Crippen LogP contribution in [0, 0.1) is 0 Å². The first-order valence-corrected chi connectivity index (χ1v) is 7.73. The van der Waals surface area contributed by atoms with Gasteiger partial charge in [-0.1, -0.05) is 12.1 Å². The van der Waals surface area contributed by atoms with E-state index in [0.717, 1.165) is 0 Å². The highest BCUT2D eigenvalue weighted by molar-refractivity contribution is 7.89. The lowest BCUT2D eigenvalue weighted by atomic mass is 10.2. The van der Waals surface area contributed by atoms with Crippen molar-refractivity contribution in [2.75, 3.05) is 13.7 Å². The summed E-state index contributed by atoms with van der Waals surface area (Å²) in [5.41, 5.74) is 0.598. The molecule has 0 fully saturated rings. The number of benzene rings is 1. The van der Waals surface area contributed by atoms with Crippen LogP contribution in [0.25, 0.3) is 0 Å². The molecule has 6 heteroatoms. The zero-order valence-corrected chi connectivity index (χ0v) is 12.9. The van der Waals surface area contributed by atoms with E-state index in [0.29, 0.717) is 5.56 Å². The molecular formula is C14H21NO4S. The summed E-state index contributed by atoms with van der Waals surface area (Å²) in [6, 6.07) is 4.36. The van der Waals surface area contributed by atoms with E-state index in [1.807, 2.05) is 0 Å². The van der Waals surface area contributed by atoms with Crippen LogP contribution in [-0.2, 0) is 16.6 Å². The Labute approximate surface area is 120 Å². The first kappa shape index (κ1) is 16.7. The van der Waals surface area contributed by atoms with Crippen LogP contribution in [0.15, 0.2) is 35.7 Å². The van der Waals surface area contributed by atoms with Gasteiger partial charge in [-0.3, -0.25) is 0 Å². The second kappa shape index (κ2) is 6.88. The molecule has 0 aliphatic carbocycles. The van der Waals surface area contributed by atoms with Crippen LogP contribution in [-0.4, -0.2) is 37.5 Å². The number of aliphatic hydroxyl groups excluding tert-OH is 1. The normalized spacial score (nSPS) is 11.9. The van der Waals surface area contributed by atoms with Gasteiger partial charge < -0.3 is 9.84 Å². The monoisotopic (exact) mass is 299 g/mol. The molecule has 0 unspecified atom stereocenters. The van der Waals surface area contributed by atoms with Crippen molar-refractivity contribution >= 4 is 10.0 Å². The zero-order valence-electron chi connectivity index (χ0n) is 12.0. The van der Waals surface area contributed by atoms with Crippen molar-refractivity contribution < 1.29 is 18.3 Å². The van der Waals surface area contributed by atoms with Crippen LogP contribution in [0.2, 0.25) is 0 Å². The van der Waals surface area contributed by atoms with Crippen molar-refractivity contribution in [3.8, 4) is 5.75 Å². The van der Waals surface area contributed by atoms with E-state index in [1.165, 1.54) is 23.5 Å². The summed E-state index contributed by atoms with van der Waals surface area (Å²) in [4.78, 5) is 0.0905. The Morgan fingerprint density at radius 3 is 2.55 bits per heavy atom. The molecule has 112 valence electrons. The molecule has 0 aliphatic heterocycles. The summed E-state index contributed by atoms with van der Waals surface area (Å²) >= 11 is 0. The molecule has 0 aromatic heterocycles. The van der Waals surface area contributed by atoms with Crippen LogP contribution >= 0.6 is 0 Å². The maximum absolute atomic E-state index is 12.7. The maximum Gasteiger partial charge on any atom is 0.247 e. The number of hydrogen-bond acceptors (Lipinski definition) is 4. The van der Waals surface area contributed by atoms with Crippen LogP contribution in [0.3, 0.4) is 0 Å². The summed E-state index contributed by atoms with van der Waals surface area (Å²) in [7, 11) is -2.27. The molecule has 20 heavy (non-hydrogen) atoms. The smallest absolute Gasteiger partial charge is 0.247 e. The maximum atomic E-state index is 12.7. The van der Waals surface area contributed by atoms with Gasteiger partial charge in [-0.2, -0.15) is 4.31 Å². The standard InChI is InChI=1S/C14H21NO4S/c1-5-8-15(11(2)3)20(17,18)14-7-6-12(10-16)9-13(14)19-4/h5-7,9,11,16H,1,8,10H2,2-4H3. The van der Waals surface area contributed by atoms with Crippen LogP contribution in [0.4, 0.5) is 0 Å². The number of ether oxygens (including phenoxy) is 1. The van der Waals surface area contributed by atoms with E-state index in [1.54, 1.807) is 26.0 Å². The molecular weight excluding hydrogens is 278 g/mol. The molecule has 1 N–H and O–H groups in total. The summed E-state index contributed by atoms with van der Waals surface area (Å²) in [6.07, 6.45) is 1.55. The lowest BCUT2D eigenvalue weighted by Crippen LogP contribution is -2.37. The van der Waals surface area contributed by atoms with Crippen molar-refractivity contribution in [2.24, 2.45) is 0 Å². The van der Waals surface area contributed by atoms with Crippen LogP contribution < -0.4 is 4.74 Å². The van der Waals surface area contributed by atoms with Gasteiger partial charge in [0.2, 0.25) is 10.0 Å². The van der Waals surface area contributed by atoms with Crippen LogP contribution in [0.5, 0.6) is 5.75 Å². The molecule has 1 aromatic rings. The van der Waals surface area contributed by atoms with E-state index in [-0.39, 0.29) is 29.8 Å². The Kier molecular flexibility index (Phi) is 5.74. The molecule has 0 spiro atoms. The van der Waals surface area contributed by atoms with Crippen molar-refractivity contribution in [2.45, 2.75) is 31.4 Å². The van der Waals surface area contributed by atoms with Crippen molar-refractivity contribution in [1.82, 2.24) is 4.31 Å². The van der Waals surface area contributed by atoms with E-state index in [4.69, 9.17) is 9.84 Å². The van der Waals surface area contributed by atoms with E-state index in [2.05, 4.69) is 6.58 Å². The third kappa shape index (κ3) is 3.39. The summed E-state index contributed by atoms with van der Waals surface area (Å²) in [5.74, 6) is 0.228. The lowest BCUT2D eigenvalue weighted by molar-refractivity contribution is 0.280. The molecule has 0 atom stereocenters. The predicted octanol–water partition coefficient (Wildman–Crippen LogP) is 1.77. The number of nitrogens with zero attached hydrogens (tertiary/aromatic N) is 1. The van der Waals surface area contributed by atoms with Crippen molar-refractivity contribution in [1.29, 1.82) is 0 Å². The molecule has 5 nitrogen and oxygen atoms in total. The fraction of sp³-hybridized carbons (Fsp3) is 0.429. The molecule has 0 saturated heterocycles. The second-order valence-corrected chi connectivity index (χ2v) is 6.46. The highest BCUT2D eigenvalue weighted by Gasteiger charge is 2.29. The third-order valence-electron chi connectivity index (χ3n) is 2.88. The topological polar surface area (TPSA) is 66.8 Å². The highest BCUT2D eigenvalue weighted by atomic mass is 32.2. The minimum atomic E-state index is -3.67. The minimum absolute atomic E-state index is 0.0905. The largest absolute Gasteiger partial charge is 0.495 e. The first-order chi connectivity index (χ1) is 9.38. The Bertz CT molecular complexity index is 567. The fourth-order valence-electron chi connectivity index (χ4n) is 1.86. The van der Waals surface area contributed by atoms with Crippen LogP contribution in [0.1, 0.15) is 19.4 Å². The van der Waals surface area contributed by atoms with Gasteiger partial charge in [0.1, 0.15) is 10.6 Å². The van der Waals surface area contributed by atoms with Gasteiger partial charge in [0.15, 0.2) is 0 Å². The number of sulfonamides is 1. The SMILES string of the molecule is C=CCN(C(C)C)S(=O)(=O)c1ccc(CO)cc1OC. The van der Waals surface area contributed by atoms with Gasteiger partial charge in [0, 0.05) is 12.6 Å². The van der Waals surface area contributed by atoms with E-state index in [9.17, 15) is 8.42 Å². The molecule has 0 amide bonds. The molecule has 0 aliphatic rings. The fourth-order valence-corrected chi connectivity index (χ4v) is 3.61. The summed E-state index contributed by atoms with van der Waals surface area (Å²) in [5, 5.41) is 9.10. The van der Waals surface area contributed by atoms with Crippen molar-refractivity contribution in [3.63, 3.8) is 0 Å². The Morgan fingerprint density at radius 2 is 2.10 bits per heavy atom. The molecule has 0 radical (unpaired) electrons. The molecule has 0 saturated carbocycles. The number of hydrogen-bond donors (Lipinski definition) is 1. The van der Waals surface area contributed by atoms with Gasteiger partial charge in [-0.05, 0) is 31.5 Å².